The van der Waals surface area contributed by atoms with Gasteiger partial charge in [-0.2, -0.15) is 0 Å². The lowest BCUT2D eigenvalue weighted by atomic mass is 10.1. The maximum atomic E-state index is 11.6. The molecule has 0 saturated carbocycles. The zero-order chi connectivity index (χ0) is 17.9. The van der Waals surface area contributed by atoms with Gasteiger partial charge < -0.3 is 20.5 Å². The van der Waals surface area contributed by atoms with Gasteiger partial charge in [0.25, 0.3) is 0 Å². The fourth-order valence-corrected chi connectivity index (χ4v) is 2.27. The summed E-state index contributed by atoms with van der Waals surface area (Å²) < 4.78 is 5.79. The monoisotopic (exact) mass is 341 g/mol. The van der Waals surface area contributed by atoms with Crippen molar-refractivity contribution in [1.29, 1.82) is 0 Å². The van der Waals surface area contributed by atoms with E-state index in [2.05, 4.69) is 10.6 Å². The van der Waals surface area contributed by atoms with Crippen molar-refractivity contribution in [3.63, 3.8) is 0 Å². The molecule has 1 saturated heterocycles. The molecule has 4 amide bonds. The fraction of sp³-hybridized carbons (Fsp3) is 0.600. The minimum absolute atomic E-state index is 0.0237. The van der Waals surface area contributed by atoms with Crippen molar-refractivity contribution < 1.29 is 29.0 Å². The second kappa shape index (κ2) is 10.4. The molecule has 134 valence electrons. The quantitative estimate of drug-likeness (QED) is 0.445. The largest absolute Gasteiger partial charge is 0.481 e. The predicted octanol–water partition coefficient (Wildman–Crippen LogP) is 0.265. The highest BCUT2D eigenvalue weighted by molar-refractivity contribution is 5.84. The van der Waals surface area contributed by atoms with E-state index in [-0.39, 0.29) is 31.0 Å². The summed E-state index contributed by atoms with van der Waals surface area (Å²) in [5.41, 5.74) is 0.811. The summed E-state index contributed by atoms with van der Waals surface area (Å²) >= 11 is 0. The lowest BCUT2D eigenvalue weighted by Crippen LogP contribution is -2.33. The maximum absolute atomic E-state index is 11.6. The number of hydrogen-bond donors (Lipinski definition) is 4. The van der Waals surface area contributed by atoms with Crippen LogP contribution in [0, 0.1) is 0 Å². The molecular weight excluding hydrogens is 318 g/mol. The number of hydrogen-bond acceptors (Lipinski definition) is 5. The molecule has 0 aliphatic carbocycles. The molecule has 0 aromatic carbocycles. The number of carbonyl (C=O) groups is 4. The third-order valence-electron chi connectivity index (χ3n) is 3.56. The minimum atomic E-state index is -0.914. The Labute approximate surface area is 139 Å². The summed E-state index contributed by atoms with van der Waals surface area (Å²) in [6, 6.07) is -0.618. The summed E-state index contributed by atoms with van der Waals surface area (Å²) in [5, 5.41) is 15.6. The highest BCUT2D eigenvalue weighted by Crippen LogP contribution is 2.24. The summed E-state index contributed by atoms with van der Waals surface area (Å²) in [5.74, 6) is -1.11. The lowest BCUT2D eigenvalue weighted by molar-refractivity contribution is -0.137. The third-order valence-corrected chi connectivity index (χ3v) is 3.56. The first-order valence-corrected chi connectivity index (χ1v) is 7.73. The average Bonchev–Trinajstić information content (AvgIpc) is 2.99. The Balaban J connectivity index is 2.26. The number of imide groups is 1. The van der Waals surface area contributed by atoms with Crippen molar-refractivity contribution in [2.24, 2.45) is 0 Å². The minimum Gasteiger partial charge on any atom is -0.481 e. The van der Waals surface area contributed by atoms with Gasteiger partial charge in [-0.25, -0.2) is 4.79 Å². The Hall–Kier alpha value is -2.42. The van der Waals surface area contributed by atoms with Crippen LogP contribution in [0.2, 0.25) is 0 Å². The molecular formula is C15H23N3O6. The molecule has 1 aliphatic heterocycles. The van der Waals surface area contributed by atoms with Crippen LogP contribution in [0.25, 0.3) is 0 Å². The van der Waals surface area contributed by atoms with Gasteiger partial charge in [0.15, 0.2) is 0 Å². The van der Waals surface area contributed by atoms with Gasteiger partial charge in [-0.15, -0.1) is 0 Å². The molecule has 0 aromatic heterocycles. The Kier molecular flexibility index (Phi) is 8.48. The van der Waals surface area contributed by atoms with Gasteiger partial charge in [0.05, 0.1) is 12.2 Å². The second-order valence-corrected chi connectivity index (χ2v) is 5.50. The molecule has 1 fully saturated rings. The summed E-state index contributed by atoms with van der Waals surface area (Å²) in [4.78, 5) is 43.2. The molecule has 0 spiro atoms. The molecule has 2 atom stereocenters. The number of carbonyl (C=O) groups excluding carboxylic acids is 3. The second-order valence-electron chi connectivity index (χ2n) is 5.50. The van der Waals surface area contributed by atoms with Gasteiger partial charge in [0.2, 0.25) is 12.3 Å². The first-order chi connectivity index (χ1) is 11.4. The van der Waals surface area contributed by atoms with Crippen LogP contribution in [-0.4, -0.2) is 48.2 Å². The standard InChI is InChI=1S/C15H23N3O6/c1-10(7-17-15(23)18-9-19)12-6-5-11(24-12)8-16-13(20)3-2-4-14(21)22/h7,9,11-12H,2-6,8H2,1H3,(H,16,20)(H,21,22)(H2,17,18,19,23)/b10-7+. The molecule has 0 radical (unpaired) electrons. The van der Waals surface area contributed by atoms with E-state index in [0.717, 1.165) is 18.4 Å². The van der Waals surface area contributed by atoms with Gasteiger partial charge >= 0.3 is 12.0 Å². The summed E-state index contributed by atoms with van der Waals surface area (Å²) in [7, 11) is 0. The Morgan fingerprint density at radius 3 is 2.62 bits per heavy atom. The Morgan fingerprint density at radius 2 is 1.96 bits per heavy atom. The van der Waals surface area contributed by atoms with Gasteiger partial charge in [0.1, 0.15) is 0 Å². The molecule has 4 N–H and O–H groups in total. The van der Waals surface area contributed by atoms with Crippen LogP contribution in [0.4, 0.5) is 4.79 Å². The molecule has 1 aliphatic rings. The fourth-order valence-electron chi connectivity index (χ4n) is 2.27. The summed E-state index contributed by atoms with van der Waals surface area (Å²) in [6.45, 7) is 2.17. The van der Waals surface area contributed by atoms with E-state index in [4.69, 9.17) is 9.84 Å². The molecule has 0 bridgehead atoms. The van der Waals surface area contributed by atoms with Crippen LogP contribution < -0.4 is 16.0 Å². The van der Waals surface area contributed by atoms with Gasteiger partial charge in [-0.3, -0.25) is 19.7 Å². The predicted molar refractivity (Wildman–Crippen MR) is 83.9 cm³/mol. The highest BCUT2D eigenvalue weighted by atomic mass is 16.5. The Morgan fingerprint density at radius 1 is 1.21 bits per heavy atom. The smallest absolute Gasteiger partial charge is 0.325 e. The molecule has 1 rings (SSSR count). The van der Waals surface area contributed by atoms with Crippen molar-refractivity contribution in [3.05, 3.63) is 11.8 Å². The van der Waals surface area contributed by atoms with E-state index in [1.807, 2.05) is 5.32 Å². The Bertz CT molecular complexity index is 505. The molecule has 2 unspecified atom stereocenters. The molecule has 0 aromatic rings. The molecule has 9 heteroatoms. The number of ether oxygens (including phenoxy) is 1. The van der Waals surface area contributed by atoms with E-state index in [1.165, 1.54) is 6.20 Å². The van der Waals surface area contributed by atoms with E-state index in [1.54, 1.807) is 6.92 Å². The highest BCUT2D eigenvalue weighted by Gasteiger charge is 2.26. The zero-order valence-corrected chi connectivity index (χ0v) is 13.5. The molecule has 1 heterocycles. The van der Waals surface area contributed by atoms with Gasteiger partial charge in [0, 0.05) is 25.6 Å². The number of aliphatic carboxylic acids is 1. The maximum Gasteiger partial charge on any atom is 0.325 e. The first kappa shape index (κ1) is 19.6. The van der Waals surface area contributed by atoms with Crippen LogP contribution in [-0.2, 0) is 19.1 Å². The number of urea groups is 1. The van der Waals surface area contributed by atoms with Crippen molar-refractivity contribution in [3.8, 4) is 0 Å². The van der Waals surface area contributed by atoms with E-state index in [9.17, 15) is 19.2 Å². The van der Waals surface area contributed by atoms with E-state index >= 15 is 0 Å². The number of carboxylic acid groups (broad SMARTS) is 1. The van der Waals surface area contributed by atoms with Crippen molar-refractivity contribution in [2.45, 2.75) is 51.2 Å². The zero-order valence-electron chi connectivity index (χ0n) is 13.5. The lowest BCUT2D eigenvalue weighted by Gasteiger charge is -2.15. The van der Waals surface area contributed by atoms with Crippen molar-refractivity contribution >= 4 is 24.3 Å². The van der Waals surface area contributed by atoms with E-state index < -0.39 is 12.0 Å². The SMILES string of the molecule is C/C(=C\NC(=O)NC=O)C1CCC(CNC(=O)CCCC(=O)O)O1. The number of amides is 4. The summed E-state index contributed by atoms with van der Waals surface area (Å²) in [6.07, 6.45) is 3.49. The number of carboxylic acids is 1. The number of rotatable bonds is 9. The van der Waals surface area contributed by atoms with Crippen molar-refractivity contribution in [2.75, 3.05) is 6.54 Å². The van der Waals surface area contributed by atoms with Crippen LogP contribution in [0.3, 0.4) is 0 Å². The van der Waals surface area contributed by atoms with Crippen LogP contribution in [0.15, 0.2) is 11.8 Å². The number of nitrogens with one attached hydrogen (secondary N) is 3. The van der Waals surface area contributed by atoms with E-state index in [0.29, 0.717) is 19.4 Å². The van der Waals surface area contributed by atoms with Crippen LogP contribution in [0.1, 0.15) is 39.0 Å². The normalized spacial score (nSPS) is 20.3. The topological polar surface area (TPSA) is 134 Å². The first-order valence-electron chi connectivity index (χ1n) is 7.73. The molecule has 9 nitrogen and oxygen atoms in total. The van der Waals surface area contributed by atoms with Crippen LogP contribution in [0.5, 0.6) is 0 Å². The molecule has 24 heavy (non-hydrogen) atoms. The van der Waals surface area contributed by atoms with Gasteiger partial charge in [-0.1, -0.05) is 0 Å². The van der Waals surface area contributed by atoms with Gasteiger partial charge in [-0.05, 0) is 31.8 Å². The van der Waals surface area contributed by atoms with Crippen molar-refractivity contribution in [1.82, 2.24) is 16.0 Å². The third kappa shape index (κ3) is 7.73. The average molecular weight is 341 g/mol. The van der Waals surface area contributed by atoms with Crippen LogP contribution >= 0.6 is 0 Å².